The van der Waals surface area contributed by atoms with Gasteiger partial charge in [-0.1, -0.05) is 47.7 Å². The topological polar surface area (TPSA) is 29.0 Å². The maximum atomic E-state index is 4.79. The summed E-state index contributed by atoms with van der Waals surface area (Å²) in [5, 5.41) is 2.10. The minimum absolute atomic E-state index is 0.919. The first kappa shape index (κ1) is 12.8. The highest BCUT2D eigenvalue weighted by Crippen LogP contribution is 2.38. The maximum absolute atomic E-state index is 4.79. The van der Waals surface area contributed by atoms with Crippen LogP contribution >= 0.6 is 11.3 Å². The summed E-state index contributed by atoms with van der Waals surface area (Å²) >= 11 is 1.67. The fraction of sp³-hybridized carbons (Fsp3) is 0.125. The first-order valence-electron chi connectivity index (χ1n) is 6.40. The zero-order valence-corrected chi connectivity index (χ0v) is 12.3. The van der Waals surface area contributed by atoms with Gasteiger partial charge >= 0.3 is 0 Å². The molecule has 0 N–H and O–H groups in total. The van der Waals surface area contributed by atoms with Gasteiger partial charge in [-0.15, -0.1) is 0 Å². The van der Waals surface area contributed by atoms with Gasteiger partial charge in [0.05, 0.1) is 5.69 Å². The van der Waals surface area contributed by atoms with Crippen LogP contribution in [0.1, 0.15) is 0 Å². The number of nitrogens with zero attached hydrogens (tertiary/aromatic N) is 3. The van der Waals surface area contributed by atoms with E-state index in [0.717, 1.165) is 27.0 Å². The number of anilines is 1. The van der Waals surface area contributed by atoms with Crippen LogP contribution < -0.4 is 4.90 Å². The Morgan fingerprint density at radius 1 is 0.950 bits per heavy atom. The molecular weight excluding hydrogens is 266 g/mol. The lowest BCUT2D eigenvalue weighted by atomic mass is 10.1. The average molecular weight is 281 g/mol. The molecule has 0 radical (unpaired) electrons. The molecule has 0 atom stereocenters. The zero-order chi connectivity index (χ0) is 13.9. The van der Waals surface area contributed by atoms with Crippen LogP contribution in [0, 0.1) is 0 Å². The maximum Gasteiger partial charge on any atom is 0.144 e. The predicted octanol–water partition coefficient (Wildman–Crippen LogP) is 3.94. The number of hydrogen-bond acceptors (Lipinski definition) is 4. The molecule has 1 aromatic carbocycles. The Morgan fingerprint density at radius 3 is 2.35 bits per heavy atom. The lowest BCUT2D eigenvalue weighted by molar-refractivity contribution is 1.15. The summed E-state index contributed by atoms with van der Waals surface area (Å²) in [5.74, 6) is 0. The highest BCUT2D eigenvalue weighted by Gasteiger charge is 2.16. The van der Waals surface area contributed by atoms with Crippen molar-refractivity contribution >= 4 is 16.3 Å². The molecule has 0 aliphatic carbocycles. The van der Waals surface area contributed by atoms with Crippen LogP contribution in [0.4, 0.5) is 5.00 Å². The third kappa shape index (κ3) is 2.42. The molecule has 0 fully saturated rings. The standard InChI is InChI=1S/C16H15N3S/c1-19(2)16-14(12-8-4-3-5-9-12)18-15(20-16)13-10-6-7-11-17-13/h3-11H,1-2H3. The van der Waals surface area contributed by atoms with E-state index in [9.17, 15) is 0 Å². The Morgan fingerprint density at radius 2 is 1.70 bits per heavy atom. The number of thiazole rings is 1. The SMILES string of the molecule is CN(C)c1sc(-c2ccccn2)nc1-c1ccccc1. The van der Waals surface area contributed by atoms with Crippen molar-refractivity contribution in [1.82, 2.24) is 9.97 Å². The van der Waals surface area contributed by atoms with Gasteiger partial charge in [-0.2, -0.15) is 0 Å². The van der Waals surface area contributed by atoms with E-state index < -0.39 is 0 Å². The molecule has 0 saturated heterocycles. The minimum Gasteiger partial charge on any atom is -0.368 e. The molecule has 0 aliphatic heterocycles. The molecule has 0 amide bonds. The number of rotatable bonds is 3. The van der Waals surface area contributed by atoms with Crippen LogP contribution in [-0.4, -0.2) is 24.1 Å². The third-order valence-electron chi connectivity index (χ3n) is 2.95. The Kier molecular flexibility index (Phi) is 3.48. The summed E-state index contributed by atoms with van der Waals surface area (Å²) in [6.07, 6.45) is 1.80. The lowest BCUT2D eigenvalue weighted by Crippen LogP contribution is -2.07. The molecule has 4 heteroatoms. The summed E-state index contributed by atoms with van der Waals surface area (Å²) in [5.41, 5.74) is 3.07. The van der Waals surface area contributed by atoms with Crippen LogP contribution in [0.3, 0.4) is 0 Å². The van der Waals surface area contributed by atoms with Crippen molar-refractivity contribution in [2.24, 2.45) is 0 Å². The van der Waals surface area contributed by atoms with Gasteiger partial charge in [-0.05, 0) is 12.1 Å². The van der Waals surface area contributed by atoms with Crippen molar-refractivity contribution in [3.8, 4) is 22.0 Å². The van der Waals surface area contributed by atoms with Crippen molar-refractivity contribution in [1.29, 1.82) is 0 Å². The summed E-state index contributed by atoms with van der Waals surface area (Å²) in [6, 6.07) is 16.2. The highest BCUT2D eigenvalue weighted by molar-refractivity contribution is 7.19. The Bertz CT molecular complexity index is 690. The molecule has 3 rings (SSSR count). The van der Waals surface area contributed by atoms with Gasteiger partial charge in [0.2, 0.25) is 0 Å². The van der Waals surface area contributed by atoms with Gasteiger partial charge in [0, 0.05) is 25.9 Å². The Hall–Kier alpha value is -2.20. The summed E-state index contributed by atoms with van der Waals surface area (Å²) < 4.78 is 0. The van der Waals surface area contributed by atoms with Crippen molar-refractivity contribution < 1.29 is 0 Å². The van der Waals surface area contributed by atoms with Crippen LogP contribution in [0.2, 0.25) is 0 Å². The van der Waals surface area contributed by atoms with Gasteiger partial charge in [0.15, 0.2) is 0 Å². The van der Waals surface area contributed by atoms with Crippen LogP contribution in [0.5, 0.6) is 0 Å². The fourth-order valence-electron chi connectivity index (χ4n) is 2.00. The first-order valence-corrected chi connectivity index (χ1v) is 7.22. The second-order valence-electron chi connectivity index (χ2n) is 4.65. The Labute approximate surface area is 122 Å². The van der Waals surface area contributed by atoms with Gasteiger partial charge < -0.3 is 4.90 Å². The monoisotopic (exact) mass is 281 g/mol. The second-order valence-corrected chi connectivity index (χ2v) is 5.63. The van der Waals surface area contributed by atoms with E-state index in [-0.39, 0.29) is 0 Å². The summed E-state index contributed by atoms with van der Waals surface area (Å²) in [7, 11) is 4.09. The van der Waals surface area contributed by atoms with Crippen molar-refractivity contribution in [2.45, 2.75) is 0 Å². The molecule has 3 nitrogen and oxygen atoms in total. The van der Waals surface area contributed by atoms with Gasteiger partial charge in [0.1, 0.15) is 15.7 Å². The number of benzene rings is 1. The second kappa shape index (κ2) is 5.43. The summed E-state index contributed by atoms with van der Waals surface area (Å²) in [6.45, 7) is 0. The molecule has 2 heterocycles. The molecule has 0 saturated carbocycles. The zero-order valence-electron chi connectivity index (χ0n) is 11.4. The normalized spacial score (nSPS) is 10.5. The molecule has 2 aromatic heterocycles. The smallest absolute Gasteiger partial charge is 0.144 e. The van der Waals surface area contributed by atoms with Gasteiger partial charge in [0.25, 0.3) is 0 Å². The molecular formula is C16H15N3S. The molecule has 3 aromatic rings. The Balaban J connectivity index is 2.13. The quantitative estimate of drug-likeness (QED) is 0.728. The molecule has 0 spiro atoms. The van der Waals surface area contributed by atoms with E-state index in [1.807, 2.05) is 50.5 Å². The fourth-order valence-corrected chi connectivity index (χ4v) is 2.99. The molecule has 0 aliphatic rings. The van der Waals surface area contributed by atoms with E-state index in [4.69, 9.17) is 4.98 Å². The largest absolute Gasteiger partial charge is 0.368 e. The lowest BCUT2D eigenvalue weighted by Gasteiger charge is -2.11. The molecule has 0 bridgehead atoms. The van der Waals surface area contributed by atoms with Crippen molar-refractivity contribution in [3.63, 3.8) is 0 Å². The molecule has 100 valence electrons. The van der Waals surface area contributed by atoms with Gasteiger partial charge in [-0.25, -0.2) is 4.98 Å². The van der Waals surface area contributed by atoms with E-state index >= 15 is 0 Å². The van der Waals surface area contributed by atoms with Crippen LogP contribution in [0.25, 0.3) is 22.0 Å². The number of pyridine rings is 1. The third-order valence-corrected chi connectivity index (χ3v) is 4.19. The first-order chi connectivity index (χ1) is 9.75. The van der Waals surface area contributed by atoms with Crippen molar-refractivity contribution in [3.05, 3.63) is 54.7 Å². The summed E-state index contributed by atoms with van der Waals surface area (Å²) in [4.78, 5) is 11.3. The number of hydrogen-bond donors (Lipinski definition) is 0. The van der Waals surface area contributed by atoms with Crippen LogP contribution in [-0.2, 0) is 0 Å². The average Bonchev–Trinajstić information content (AvgIpc) is 2.94. The van der Waals surface area contributed by atoms with E-state index in [0.29, 0.717) is 0 Å². The molecule has 20 heavy (non-hydrogen) atoms. The predicted molar refractivity (Wildman–Crippen MR) is 85.1 cm³/mol. The highest BCUT2D eigenvalue weighted by atomic mass is 32.1. The van der Waals surface area contributed by atoms with Crippen LogP contribution in [0.15, 0.2) is 54.7 Å². The number of aromatic nitrogens is 2. The molecule has 0 unspecified atom stereocenters. The minimum atomic E-state index is 0.919. The van der Waals surface area contributed by atoms with E-state index in [2.05, 4.69) is 22.0 Å². The van der Waals surface area contributed by atoms with E-state index in [1.165, 1.54) is 0 Å². The van der Waals surface area contributed by atoms with Crippen molar-refractivity contribution in [2.75, 3.05) is 19.0 Å². The van der Waals surface area contributed by atoms with E-state index in [1.54, 1.807) is 17.5 Å². The van der Waals surface area contributed by atoms with Gasteiger partial charge in [-0.3, -0.25) is 4.98 Å².